The molecule has 5 heteroatoms. The van der Waals surface area contributed by atoms with Gasteiger partial charge in [0.15, 0.2) is 0 Å². The van der Waals surface area contributed by atoms with E-state index in [1.165, 1.54) is 5.56 Å². The first kappa shape index (κ1) is 17.2. The number of fused-ring (bicyclic) bond motifs is 1. The van der Waals surface area contributed by atoms with Crippen LogP contribution in [0.3, 0.4) is 0 Å². The van der Waals surface area contributed by atoms with E-state index in [0.717, 1.165) is 26.1 Å². The van der Waals surface area contributed by atoms with E-state index in [1.54, 1.807) is 0 Å². The van der Waals surface area contributed by atoms with Crippen LogP contribution >= 0.6 is 0 Å². The molecule has 2 amide bonds. The number of ether oxygens (including phenoxy) is 1. The first-order valence-corrected chi connectivity index (χ1v) is 8.87. The molecule has 0 spiro atoms. The Morgan fingerprint density at radius 3 is 2.83 bits per heavy atom. The van der Waals surface area contributed by atoms with E-state index in [0.29, 0.717) is 18.6 Å². The normalized spacial score (nSPS) is 27.4. The molecule has 2 aliphatic rings. The molecule has 24 heavy (non-hydrogen) atoms. The summed E-state index contributed by atoms with van der Waals surface area (Å²) in [5, 5.41) is 6.14. The number of rotatable bonds is 6. The SMILES string of the molecule is CN(CCNC(=O)N[C@@H]1[C@H]2CCO[C@@H]2C1(C)C)Cc1ccccc1. The summed E-state index contributed by atoms with van der Waals surface area (Å²) < 4.78 is 5.77. The van der Waals surface area contributed by atoms with Crippen LogP contribution < -0.4 is 10.6 Å². The van der Waals surface area contributed by atoms with Gasteiger partial charge in [0, 0.05) is 43.6 Å². The van der Waals surface area contributed by atoms with E-state index in [2.05, 4.69) is 60.7 Å². The van der Waals surface area contributed by atoms with E-state index in [-0.39, 0.29) is 17.5 Å². The topological polar surface area (TPSA) is 53.6 Å². The summed E-state index contributed by atoms with van der Waals surface area (Å²) in [6, 6.07) is 10.5. The fourth-order valence-electron chi connectivity index (χ4n) is 4.14. The molecule has 3 rings (SSSR count). The lowest BCUT2D eigenvalue weighted by Gasteiger charge is -2.54. The summed E-state index contributed by atoms with van der Waals surface area (Å²) in [5.74, 6) is 0.478. The van der Waals surface area contributed by atoms with Crippen LogP contribution in [0.5, 0.6) is 0 Å². The number of urea groups is 1. The van der Waals surface area contributed by atoms with Gasteiger partial charge in [0.2, 0.25) is 0 Å². The number of nitrogens with zero attached hydrogens (tertiary/aromatic N) is 1. The fraction of sp³-hybridized carbons (Fsp3) is 0.632. The number of nitrogens with one attached hydrogen (secondary N) is 2. The number of benzene rings is 1. The summed E-state index contributed by atoms with van der Waals surface area (Å²) in [7, 11) is 2.07. The average Bonchev–Trinajstić information content (AvgIpc) is 3.01. The highest BCUT2D eigenvalue weighted by Crippen LogP contribution is 2.51. The minimum Gasteiger partial charge on any atom is -0.377 e. The van der Waals surface area contributed by atoms with Gasteiger partial charge in [-0.2, -0.15) is 0 Å². The number of hydrogen-bond acceptors (Lipinski definition) is 3. The van der Waals surface area contributed by atoms with Crippen molar-refractivity contribution in [2.45, 2.75) is 39.0 Å². The molecular formula is C19H29N3O2. The van der Waals surface area contributed by atoms with Crippen LogP contribution in [0.1, 0.15) is 25.8 Å². The van der Waals surface area contributed by atoms with Crippen LogP contribution in [0.15, 0.2) is 30.3 Å². The van der Waals surface area contributed by atoms with E-state index >= 15 is 0 Å². The van der Waals surface area contributed by atoms with E-state index in [9.17, 15) is 4.79 Å². The molecule has 3 atom stereocenters. The second-order valence-corrected chi connectivity index (χ2v) is 7.67. The van der Waals surface area contributed by atoms with Crippen molar-refractivity contribution in [3.05, 3.63) is 35.9 Å². The maximum absolute atomic E-state index is 12.2. The van der Waals surface area contributed by atoms with Gasteiger partial charge < -0.3 is 20.3 Å². The van der Waals surface area contributed by atoms with Gasteiger partial charge in [-0.3, -0.25) is 0 Å². The second kappa shape index (κ2) is 7.11. The first-order chi connectivity index (χ1) is 11.5. The van der Waals surface area contributed by atoms with Crippen molar-refractivity contribution < 1.29 is 9.53 Å². The number of carbonyl (C=O) groups is 1. The Balaban J connectivity index is 1.37. The van der Waals surface area contributed by atoms with Crippen molar-refractivity contribution in [3.8, 4) is 0 Å². The lowest BCUT2D eigenvalue weighted by molar-refractivity contribution is -0.108. The van der Waals surface area contributed by atoms with Crippen molar-refractivity contribution in [2.75, 3.05) is 26.7 Å². The molecular weight excluding hydrogens is 302 g/mol. The molecule has 132 valence electrons. The van der Waals surface area contributed by atoms with Gasteiger partial charge in [0.1, 0.15) is 0 Å². The van der Waals surface area contributed by atoms with Crippen LogP contribution in [0.25, 0.3) is 0 Å². The largest absolute Gasteiger partial charge is 0.377 e. The summed E-state index contributed by atoms with van der Waals surface area (Å²) >= 11 is 0. The Morgan fingerprint density at radius 2 is 2.08 bits per heavy atom. The monoisotopic (exact) mass is 331 g/mol. The molecule has 0 radical (unpaired) electrons. The summed E-state index contributed by atoms with van der Waals surface area (Å²) in [6.45, 7) is 7.54. The zero-order valence-electron chi connectivity index (χ0n) is 14.9. The van der Waals surface area contributed by atoms with Crippen LogP contribution in [0.4, 0.5) is 4.79 Å². The maximum Gasteiger partial charge on any atom is 0.315 e. The van der Waals surface area contributed by atoms with Crippen LogP contribution in [-0.2, 0) is 11.3 Å². The van der Waals surface area contributed by atoms with Crippen LogP contribution in [0.2, 0.25) is 0 Å². The highest BCUT2D eigenvalue weighted by molar-refractivity contribution is 5.74. The zero-order chi connectivity index (χ0) is 17.2. The third-order valence-corrected chi connectivity index (χ3v) is 5.46. The highest BCUT2D eigenvalue weighted by Gasteiger charge is 2.59. The molecule has 1 aromatic carbocycles. The summed E-state index contributed by atoms with van der Waals surface area (Å²) in [6.07, 6.45) is 1.36. The molecule has 1 saturated heterocycles. The third-order valence-electron chi connectivity index (χ3n) is 5.46. The minimum absolute atomic E-state index is 0.0304. The average molecular weight is 331 g/mol. The predicted octanol–water partition coefficient (Wildman–Crippen LogP) is 2.23. The standard InChI is InChI=1S/C19H29N3O2/c1-19(2)16(15-9-12-24-17(15)19)21-18(23)20-10-11-22(3)13-14-7-5-4-6-8-14/h4-8,15-17H,9-13H2,1-3H3,(H2,20,21,23)/t15-,16-,17+/m1/s1. The molecule has 1 saturated carbocycles. The molecule has 0 unspecified atom stereocenters. The fourth-order valence-corrected chi connectivity index (χ4v) is 4.14. The predicted molar refractivity (Wildman–Crippen MR) is 94.7 cm³/mol. The maximum atomic E-state index is 12.2. The Kier molecular flexibility index (Phi) is 5.11. The third kappa shape index (κ3) is 3.57. The minimum atomic E-state index is -0.0634. The molecule has 0 aromatic heterocycles. The van der Waals surface area contributed by atoms with Gasteiger partial charge in [0.25, 0.3) is 0 Å². The van der Waals surface area contributed by atoms with Crippen molar-refractivity contribution >= 4 is 6.03 Å². The van der Waals surface area contributed by atoms with E-state index < -0.39 is 0 Å². The highest BCUT2D eigenvalue weighted by atomic mass is 16.5. The molecule has 5 nitrogen and oxygen atoms in total. The molecule has 0 bridgehead atoms. The van der Waals surface area contributed by atoms with Crippen molar-refractivity contribution in [3.63, 3.8) is 0 Å². The van der Waals surface area contributed by atoms with Gasteiger partial charge in [-0.1, -0.05) is 44.2 Å². The van der Waals surface area contributed by atoms with E-state index in [1.807, 2.05) is 6.07 Å². The molecule has 1 heterocycles. The van der Waals surface area contributed by atoms with Gasteiger partial charge in [-0.25, -0.2) is 4.79 Å². The van der Waals surface area contributed by atoms with E-state index in [4.69, 9.17) is 4.74 Å². The number of likely N-dealkylation sites (N-methyl/N-ethyl adjacent to an activating group) is 1. The molecule has 2 fully saturated rings. The van der Waals surface area contributed by atoms with Crippen LogP contribution in [0, 0.1) is 11.3 Å². The first-order valence-electron chi connectivity index (χ1n) is 8.87. The Morgan fingerprint density at radius 1 is 1.33 bits per heavy atom. The van der Waals surface area contributed by atoms with Gasteiger partial charge in [-0.15, -0.1) is 0 Å². The Bertz CT molecular complexity index is 561. The number of hydrogen-bond donors (Lipinski definition) is 2. The van der Waals surface area contributed by atoms with Gasteiger partial charge >= 0.3 is 6.03 Å². The molecule has 2 N–H and O–H groups in total. The lowest BCUT2D eigenvalue weighted by Crippen LogP contribution is -2.67. The lowest BCUT2D eigenvalue weighted by atomic mass is 9.57. The Hall–Kier alpha value is -1.59. The smallest absolute Gasteiger partial charge is 0.315 e. The summed E-state index contributed by atoms with van der Waals surface area (Å²) in [5.41, 5.74) is 1.32. The van der Waals surface area contributed by atoms with Gasteiger partial charge in [-0.05, 0) is 19.0 Å². The Labute approximate surface area is 144 Å². The number of amides is 2. The number of carbonyl (C=O) groups excluding carboxylic acids is 1. The van der Waals surface area contributed by atoms with Crippen molar-refractivity contribution in [2.24, 2.45) is 11.3 Å². The van der Waals surface area contributed by atoms with Crippen molar-refractivity contribution in [1.29, 1.82) is 0 Å². The molecule has 1 aromatic rings. The van der Waals surface area contributed by atoms with Crippen LogP contribution in [-0.4, -0.2) is 49.8 Å². The van der Waals surface area contributed by atoms with Gasteiger partial charge in [0.05, 0.1) is 6.10 Å². The quantitative estimate of drug-likeness (QED) is 0.840. The molecule has 1 aliphatic carbocycles. The second-order valence-electron chi connectivity index (χ2n) is 7.67. The molecule has 1 aliphatic heterocycles. The zero-order valence-corrected chi connectivity index (χ0v) is 14.9. The summed E-state index contributed by atoms with van der Waals surface area (Å²) in [4.78, 5) is 14.4. The van der Waals surface area contributed by atoms with Crippen molar-refractivity contribution in [1.82, 2.24) is 15.5 Å².